The second-order valence-corrected chi connectivity index (χ2v) is 5.16. The van der Waals surface area contributed by atoms with Crippen molar-refractivity contribution in [3.63, 3.8) is 0 Å². The fourth-order valence-corrected chi connectivity index (χ4v) is 2.29. The molecule has 0 amide bonds. The van der Waals surface area contributed by atoms with Crippen molar-refractivity contribution in [2.75, 3.05) is 13.2 Å². The van der Waals surface area contributed by atoms with Crippen LogP contribution in [0.5, 0.6) is 11.5 Å². The molecule has 3 rings (SSSR count). The Bertz CT molecular complexity index is 475. The molecule has 0 saturated carbocycles. The van der Waals surface area contributed by atoms with Gasteiger partial charge in [-0.2, -0.15) is 0 Å². The lowest BCUT2D eigenvalue weighted by molar-refractivity contribution is 0.198. The molecule has 0 spiro atoms. The van der Waals surface area contributed by atoms with Gasteiger partial charge in [0.05, 0.1) is 0 Å². The van der Waals surface area contributed by atoms with Crippen molar-refractivity contribution >= 4 is 8.25 Å². The van der Waals surface area contributed by atoms with E-state index in [1.807, 2.05) is 12.1 Å². The number of ether oxygens (including phenoxy) is 1. The molecular formula is C16H18O4P+. The average Bonchev–Trinajstić information content (AvgIpc) is 3.09. The zero-order valence-electron chi connectivity index (χ0n) is 11.7. The first kappa shape index (κ1) is 15.5. The second-order valence-electron chi connectivity index (χ2n) is 4.35. The van der Waals surface area contributed by atoms with E-state index in [0.717, 1.165) is 13.2 Å². The molecule has 1 heterocycles. The molecule has 0 radical (unpaired) electrons. The fraction of sp³-hybridized carbons (Fsp3) is 0.250. The van der Waals surface area contributed by atoms with Crippen LogP contribution in [0.1, 0.15) is 12.8 Å². The van der Waals surface area contributed by atoms with Gasteiger partial charge < -0.3 is 4.74 Å². The van der Waals surface area contributed by atoms with Crippen LogP contribution in [0.4, 0.5) is 0 Å². The number of hydrogen-bond acceptors (Lipinski definition) is 4. The minimum atomic E-state index is -2.18. The van der Waals surface area contributed by atoms with Gasteiger partial charge in [0.15, 0.2) is 11.5 Å². The van der Waals surface area contributed by atoms with E-state index in [1.54, 1.807) is 48.5 Å². The van der Waals surface area contributed by atoms with Crippen LogP contribution in [-0.2, 0) is 9.30 Å². The summed E-state index contributed by atoms with van der Waals surface area (Å²) >= 11 is 0. The van der Waals surface area contributed by atoms with Crippen LogP contribution in [0.2, 0.25) is 0 Å². The first-order valence-electron chi connectivity index (χ1n) is 6.85. The molecule has 21 heavy (non-hydrogen) atoms. The third-order valence-corrected chi connectivity index (χ3v) is 3.39. The summed E-state index contributed by atoms with van der Waals surface area (Å²) in [5, 5.41) is 0. The Morgan fingerprint density at radius 2 is 1.19 bits per heavy atom. The largest absolute Gasteiger partial charge is 0.805 e. The maximum atomic E-state index is 11.5. The van der Waals surface area contributed by atoms with Gasteiger partial charge in [-0.05, 0) is 37.1 Å². The van der Waals surface area contributed by atoms with Gasteiger partial charge in [0.2, 0.25) is 0 Å². The summed E-state index contributed by atoms with van der Waals surface area (Å²) in [5.41, 5.74) is 0. The minimum Gasteiger partial charge on any atom is -0.381 e. The smallest absolute Gasteiger partial charge is 0.381 e. The molecule has 1 aliphatic heterocycles. The lowest BCUT2D eigenvalue weighted by Crippen LogP contribution is -1.87. The number of hydrogen-bond donors (Lipinski definition) is 0. The summed E-state index contributed by atoms with van der Waals surface area (Å²) in [6.07, 6.45) is 2.56. The highest BCUT2D eigenvalue weighted by Gasteiger charge is 2.23. The number of rotatable bonds is 4. The van der Waals surface area contributed by atoms with Crippen molar-refractivity contribution in [3.8, 4) is 11.5 Å². The Kier molecular flexibility index (Phi) is 6.72. The number of benzene rings is 2. The van der Waals surface area contributed by atoms with Crippen LogP contribution in [0, 0.1) is 0 Å². The van der Waals surface area contributed by atoms with Gasteiger partial charge in [-0.1, -0.05) is 36.4 Å². The SMILES string of the molecule is C1CCOC1.O=[P+](Oc1ccccc1)Oc1ccccc1. The molecule has 1 aliphatic rings. The number of para-hydroxylation sites is 2. The highest BCUT2D eigenvalue weighted by atomic mass is 31.1. The molecule has 1 fully saturated rings. The lowest BCUT2D eigenvalue weighted by atomic mass is 10.3. The maximum absolute atomic E-state index is 11.5. The molecule has 4 nitrogen and oxygen atoms in total. The normalized spacial score (nSPS) is 13.0. The predicted molar refractivity (Wildman–Crippen MR) is 81.8 cm³/mol. The third kappa shape index (κ3) is 6.39. The zero-order chi connectivity index (χ0) is 14.8. The lowest BCUT2D eigenvalue weighted by Gasteiger charge is -1.92. The van der Waals surface area contributed by atoms with Gasteiger partial charge in [0.1, 0.15) is 0 Å². The Balaban J connectivity index is 0.000000272. The summed E-state index contributed by atoms with van der Waals surface area (Å²) in [4.78, 5) is 0. The fourth-order valence-electron chi connectivity index (χ4n) is 1.66. The van der Waals surface area contributed by atoms with Crippen LogP contribution >= 0.6 is 8.25 Å². The molecule has 0 unspecified atom stereocenters. The predicted octanol–water partition coefficient (Wildman–Crippen LogP) is 4.60. The second kappa shape index (κ2) is 9.11. The van der Waals surface area contributed by atoms with Gasteiger partial charge in [-0.15, -0.1) is 0 Å². The Hall–Kier alpha value is -1.90. The van der Waals surface area contributed by atoms with Crippen molar-refractivity contribution in [2.45, 2.75) is 12.8 Å². The molecule has 1 saturated heterocycles. The van der Waals surface area contributed by atoms with Crippen molar-refractivity contribution in [3.05, 3.63) is 60.7 Å². The van der Waals surface area contributed by atoms with Crippen LogP contribution in [-0.4, -0.2) is 13.2 Å². The molecule has 110 valence electrons. The van der Waals surface area contributed by atoms with Gasteiger partial charge >= 0.3 is 8.25 Å². The van der Waals surface area contributed by atoms with Crippen LogP contribution in [0.25, 0.3) is 0 Å². The highest BCUT2D eigenvalue weighted by Crippen LogP contribution is 2.29. The van der Waals surface area contributed by atoms with Gasteiger partial charge in [-0.25, -0.2) is 9.05 Å². The monoisotopic (exact) mass is 305 g/mol. The van der Waals surface area contributed by atoms with E-state index in [4.69, 9.17) is 13.8 Å². The maximum Gasteiger partial charge on any atom is 0.805 e. The molecule has 0 bridgehead atoms. The molecule has 2 aromatic rings. The third-order valence-electron chi connectivity index (χ3n) is 2.67. The van der Waals surface area contributed by atoms with Crippen molar-refractivity contribution in [2.24, 2.45) is 0 Å². The van der Waals surface area contributed by atoms with Crippen LogP contribution in [0.15, 0.2) is 60.7 Å². The molecule has 0 aliphatic carbocycles. The minimum absolute atomic E-state index is 0.527. The van der Waals surface area contributed by atoms with Gasteiger partial charge in [0, 0.05) is 17.8 Å². The van der Waals surface area contributed by atoms with E-state index < -0.39 is 8.25 Å². The van der Waals surface area contributed by atoms with Crippen molar-refractivity contribution < 1.29 is 18.3 Å². The van der Waals surface area contributed by atoms with E-state index in [1.165, 1.54) is 12.8 Å². The van der Waals surface area contributed by atoms with E-state index in [9.17, 15) is 4.57 Å². The first-order valence-corrected chi connectivity index (χ1v) is 7.95. The summed E-state index contributed by atoms with van der Waals surface area (Å²) in [6, 6.07) is 17.8. The molecule has 0 atom stereocenters. The van der Waals surface area contributed by atoms with E-state index in [-0.39, 0.29) is 0 Å². The zero-order valence-corrected chi connectivity index (χ0v) is 12.6. The van der Waals surface area contributed by atoms with Crippen LogP contribution < -0.4 is 9.05 Å². The van der Waals surface area contributed by atoms with Crippen molar-refractivity contribution in [1.29, 1.82) is 0 Å². The Morgan fingerprint density at radius 1 is 0.762 bits per heavy atom. The quantitative estimate of drug-likeness (QED) is 0.774. The molecule has 2 aromatic carbocycles. The van der Waals surface area contributed by atoms with Crippen LogP contribution in [0.3, 0.4) is 0 Å². The van der Waals surface area contributed by atoms with E-state index >= 15 is 0 Å². The average molecular weight is 305 g/mol. The summed E-state index contributed by atoms with van der Waals surface area (Å²) in [5.74, 6) is 1.05. The first-order chi connectivity index (χ1) is 10.3. The van der Waals surface area contributed by atoms with E-state index in [2.05, 4.69) is 0 Å². The highest BCUT2D eigenvalue weighted by molar-refractivity contribution is 7.34. The molecule has 0 N–H and O–H groups in total. The molecule has 5 heteroatoms. The van der Waals surface area contributed by atoms with Gasteiger partial charge in [-0.3, -0.25) is 0 Å². The van der Waals surface area contributed by atoms with Gasteiger partial charge in [0.25, 0.3) is 0 Å². The summed E-state index contributed by atoms with van der Waals surface area (Å²) < 4.78 is 26.6. The summed E-state index contributed by atoms with van der Waals surface area (Å²) in [6.45, 7) is 2.00. The van der Waals surface area contributed by atoms with E-state index in [0.29, 0.717) is 11.5 Å². The van der Waals surface area contributed by atoms with Crippen molar-refractivity contribution in [1.82, 2.24) is 0 Å². The Labute approximate surface area is 125 Å². The molecule has 0 aromatic heterocycles. The Morgan fingerprint density at radius 3 is 1.52 bits per heavy atom. The topological polar surface area (TPSA) is 44.8 Å². The molecular weight excluding hydrogens is 287 g/mol. The summed E-state index contributed by atoms with van der Waals surface area (Å²) in [7, 11) is -2.18. The standard InChI is InChI=1S/C12H10O3P.C4H8O/c13-16(14-11-7-3-1-4-8-11)15-12-9-5-2-6-10-12;1-2-4-5-3-1/h1-10H;1-4H2/q+1;.